The summed E-state index contributed by atoms with van der Waals surface area (Å²) < 4.78 is 0. The molecular formula is C13H13N7O2. The van der Waals surface area contributed by atoms with E-state index in [2.05, 4.69) is 30.7 Å². The second kappa shape index (κ2) is 5.64. The fourth-order valence-corrected chi connectivity index (χ4v) is 2.09. The number of nitrogens with two attached hydrogens (primary N) is 1. The molecule has 0 bridgehead atoms. The second-order valence-electron chi connectivity index (χ2n) is 4.59. The summed E-state index contributed by atoms with van der Waals surface area (Å²) in [5.74, 6) is 0.367. The van der Waals surface area contributed by atoms with Crippen LogP contribution in [0.2, 0.25) is 0 Å². The summed E-state index contributed by atoms with van der Waals surface area (Å²) in [6.45, 7) is 0.336. The van der Waals surface area contributed by atoms with Gasteiger partial charge in [0.25, 0.3) is 11.5 Å². The van der Waals surface area contributed by atoms with Gasteiger partial charge in [-0.25, -0.2) is 5.10 Å². The van der Waals surface area contributed by atoms with Gasteiger partial charge in [-0.1, -0.05) is 18.2 Å². The van der Waals surface area contributed by atoms with Crippen LogP contribution in [0.15, 0.2) is 29.1 Å². The Morgan fingerprint density at radius 3 is 2.68 bits per heavy atom. The normalized spacial score (nSPS) is 10.7. The molecule has 3 rings (SSSR count). The van der Waals surface area contributed by atoms with Crippen molar-refractivity contribution in [2.24, 2.45) is 0 Å². The highest BCUT2D eigenvalue weighted by molar-refractivity contribution is 6.04. The Morgan fingerprint density at radius 2 is 1.95 bits per heavy atom. The maximum Gasteiger partial charge on any atom is 0.272 e. The molecule has 0 saturated heterocycles. The van der Waals surface area contributed by atoms with E-state index < -0.39 is 0 Å². The smallest absolute Gasteiger partial charge is 0.272 e. The minimum atomic E-state index is -0.375. The number of benzene rings is 1. The molecule has 112 valence electrons. The molecule has 0 atom stereocenters. The van der Waals surface area contributed by atoms with Crippen LogP contribution in [-0.4, -0.2) is 37.8 Å². The van der Waals surface area contributed by atoms with Crippen LogP contribution in [0.4, 0.5) is 5.95 Å². The Labute approximate surface area is 124 Å². The summed E-state index contributed by atoms with van der Waals surface area (Å²) in [4.78, 5) is 27.8. The zero-order valence-corrected chi connectivity index (χ0v) is 11.5. The molecule has 0 saturated carbocycles. The number of H-pyrrole nitrogens is 2. The number of nitrogens with zero attached hydrogens (tertiary/aromatic N) is 3. The maximum absolute atomic E-state index is 12.2. The van der Waals surface area contributed by atoms with Gasteiger partial charge >= 0.3 is 0 Å². The van der Waals surface area contributed by atoms with Crippen LogP contribution in [0, 0.1) is 0 Å². The number of aromatic amines is 2. The first kappa shape index (κ1) is 13.7. The van der Waals surface area contributed by atoms with Crippen LogP contribution < -0.4 is 16.6 Å². The lowest BCUT2D eigenvalue weighted by Gasteiger charge is -2.05. The highest BCUT2D eigenvalue weighted by Crippen LogP contribution is 2.11. The SMILES string of the molecule is Nc1n[nH]c(CCNC(=O)c2n[nH]c(=O)c3ccccc23)n1. The summed E-state index contributed by atoms with van der Waals surface area (Å²) in [7, 11) is 0. The fraction of sp³-hybridized carbons (Fsp3) is 0.154. The van der Waals surface area contributed by atoms with E-state index in [-0.39, 0.29) is 23.1 Å². The van der Waals surface area contributed by atoms with E-state index in [0.29, 0.717) is 29.6 Å². The fourth-order valence-electron chi connectivity index (χ4n) is 2.09. The average molecular weight is 299 g/mol. The second-order valence-corrected chi connectivity index (χ2v) is 4.59. The number of nitrogens with one attached hydrogen (secondary N) is 3. The van der Waals surface area contributed by atoms with Crippen LogP contribution in [0.3, 0.4) is 0 Å². The molecule has 1 aromatic carbocycles. The molecule has 22 heavy (non-hydrogen) atoms. The molecule has 0 aliphatic heterocycles. The first-order valence-corrected chi connectivity index (χ1v) is 6.57. The molecule has 0 fully saturated rings. The van der Waals surface area contributed by atoms with Gasteiger partial charge < -0.3 is 11.1 Å². The van der Waals surface area contributed by atoms with Gasteiger partial charge in [-0.05, 0) is 6.07 Å². The maximum atomic E-state index is 12.2. The number of amides is 1. The highest BCUT2D eigenvalue weighted by atomic mass is 16.2. The summed E-state index contributed by atoms with van der Waals surface area (Å²) in [6, 6.07) is 6.80. The minimum absolute atomic E-state index is 0.162. The zero-order valence-electron chi connectivity index (χ0n) is 11.5. The third-order valence-electron chi connectivity index (χ3n) is 3.11. The molecule has 0 radical (unpaired) electrons. The molecule has 0 aliphatic rings. The molecule has 0 unspecified atom stereocenters. The van der Waals surface area contributed by atoms with Crippen LogP contribution in [0.1, 0.15) is 16.3 Å². The average Bonchev–Trinajstić information content (AvgIpc) is 2.93. The van der Waals surface area contributed by atoms with Crippen molar-refractivity contribution in [3.63, 3.8) is 0 Å². The molecule has 0 aliphatic carbocycles. The first-order chi connectivity index (χ1) is 10.6. The van der Waals surface area contributed by atoms with Crippen LogP contribution in [0.25, 0.3) is 10.8 Å². The lowest BCUT2D eigenvalue weighted by Crippen LogP contribution is -2.28. The Balaban J connectivity index is 1.75. The third-order valence-corrected chi connectivity index (χ3v) is 3.11. The molecule has 0 spiro atoms. The van der Waals surface area contributed by atoms with Crippen molar-refractivity contribution < 1.29 is 4.79 Å². The van der Waals surface area contributed by atoms with Crippen LogP contribution in [-0.2, 0) is 6.42 Å². The van der Waals surface area contributed by atoms with Gasteiger partial charge in [-0.15, -0.1) is 5.10 Å². The summed E-state index contributed by atoms with van der Waals surface area (Å²) in [5.41, 5.74) is 5.24. The van der Waals surface area contributed by atoms with Gasteiger partial charge in [-0.3, -0.25) is 14.7 Å². The standard InChI is InChI=1S/C13H13N7O2/c14-13-16-9(17-20-13)5-6-15-12(22)10-7-3-1-2-4-8(7)11(21)19-18-10/h1-4H,5-6H2,(H,15,22)(H,19,21)(H3,14,16,17,20). The van der Waals surface area contributed by atoms with Crippen molar-refractivity contribution in [2.45, 2.75) is 6.42 Å². The van der Waals surface area contributed by atoms with Gasteiger partial charge in [0.1, 0.15) is 5.82 Å². The van der Waals surface area contributed by atoms with Crippen molar-refractivity contribution >= 4 is 22.6 Å². The Morgan fingerprint density at radius 1 is 1.18 bits per heavy atom. The first-order valence-electron chi connectivity index (χ1n) is 6.57. The monoisotopic (exact) mass is 299 g/mol. The molecule has 5 N–H and O–H groups in total. The number of fused-ring (bicyclic) bond motifs is 1. The van der Waals surface area contributed by atoms with Crippen molar-refractivity contribution in [3.05, 3.63) is 46.1 Å². The van der Waals surface area contributed by atoms with E-state index in [4.69, 9.17) is 5.73 Å². The number of carbonyl (C=O) groups excluding carboxylic acids is 1. The lowest BCUT2D eigenvalue weighted by atomic mass is 10.1. The Hall–Kier alpha value is -3.23. The van der Waals surface area contributed by atoms with Crippen LogP contribution in [0.5, 0.6) is 0 Å². The zero-order chi connectivity index (χ0) is 15.5. The van der Waals surface area contributed by atoms with Crippen LogP contribution >= 0.6 is 0 Å². The van der Waals surface area contributed by atoms with E-state index in [1.165, 1.54) is 0 Å². The van der Waals surface area contributed by atoms with E-state index in [0.717, 1.165) is 0 Å². The van der Waals surface area contributed by atoms with E-state index >= 15 is 0 Å². The molecule has 1 amide bonds. The predicted octanol–water partition coefficient (Wildman–Crippen LogP) is -0.404. The molecular weight excluding hydrogens is 286 g/mol. The van der Waals surface area contributed by atoms with Gasteiger partial charge in [-0.2, -0.15) is 10.1 Å². The van der Waals surface area contributed by atoms with E-state index in [1.807, 2.05) is 0 Å². The number of carbonyl (C=O) groups is 1. The van der Waals surface area contributed by atoms with Crippen molar-refractivity contribution in [2.75, 3.05) is 12.3 Å². The quantitative estimate of drug-likeness (QED) is 0.516. The van der Waals surface area contributed by atoms with Gasteiger partial charge in [0.15, 0.2) is 5.69 Å². The van der Waals surface area contributed by atoms with Gasteiger partial charge in [0, 0.05) is 18.4 Å². The number of hydrogen-bond acceptors (Lipinski definition) is 6. The highest BCUT2D eigenvalue weighted by Gasteiger charge is 2.13. The molecule has 3 aromatic rings. The summed E-state index contributed by atoms with van der Waals surface area (Å²) in [5, 5.41) is 16.2. The molecule has 2 aromatic heterocycles. The molecule has 2 heterocycles. The van der Waals surface area contributed by atoms with Crippen molar-refractivity contribution in [3.8, 4) is 0 Å². The van der Waals surface area contributed by atoms with E-state index in [9.17, 15) is 9.59 Å². The third kappa shape index (κ3) is 2.64. The Kier molecular flexibility index (Phi) is 3.52. The van der Waals surface area contributed by atoms with Crippen molar-refractivity contribution in [1.82, 2.24) is 30.7 Å². The van der Waals surface area contributed by atoms with E-state index in [1.54, 1.807) is 24.3 Å². The number of nitrogen functional groups attached to an aromatic ring is 1. The van der Waals surface area contributed by atoms with Gasteiger partial charge in [0.05, 0.1) is 5.39 Å². The largest absolute Gasteiger partial charge is 0.367 e. The molecule has 9 heteroatoms. The Bertz CT molecular complexity index is 883. The minimum Gasteiger partial charge on any atom is -0.367 e. The predicted molar refractivity (Wildman–Crippen MR) is 79.2 cm³/mol. The number of hydrogen-bond donors (Lipinski definition) is 4. The lowest BCUT2D eigenvalue weighted by molar-refractivity contribution is 0.0950. The number of rotatable bonds is 4. The molecule has 9 nitrogen and oxygen atoms in total. The van der Waals surface area contributed by atoms with Crippen molar-refractivity contribution in [1.29, 1.82) is 0 Å². The van der Waals surface area contributed by atoms with Gasteiger partial charge in [0.2, 0.25) is 5.95 Å². The number of anilines is 1. The summed E-state index contributed by atoms with van der Waals surface area (Å²) in [6.07, 6.45) is 0.456. The number of aromatic nitrogens is 5. The topological polar surface area (TPSA) is 142 Å². The summed E-state index contributed by atoms with van der Waals surface area (Å²) >= 11 is 0.